The van der Waals surface area contributed by atoms with Crippen molar-refractivity contribution in [1.29, 1.82) is 0 Å². The first kappa shape index (κ1) is 9.52. The lowest BCUT2D eigenvalue weighted by molar-refractivity contribution is -0.150. The van der Waals surface area contributed by atoms with Crippen molar-refractivity contribution >= 4 is 5.97 Å². The molecule has 0 aromatic rings. The predicted molar refractivity (Wildman–Crippen MR) is 44.8 cm³/mol. The summed E-state index contributed by atoms with van der Waals surface area (Å²) < 4.78 is 0. The lowest BCUT2D eigenvalue weighted by atomic mass is 9.60. The molecule has 3 nitrogen and oxygen atoms in total. The lowest BCUT2D eigenvalue weighted by Gasteiger charge is -2.46. The van der Waals surface area contributed by atoms with Crippen molar-refractivity contribution in [2.75, 3.05) is 0 Å². The van der Waals surface area contributed by atoms with Crippen molar-refractivity contribution in [3.63, 3.8) is 0 Å². The minimum absolute atomic E-state index is 0.0534. The number of rotatable bonds is 3. The van der Waals surface area contributed by atoms with Crippen molar-refractivity contribution < 1.29 is 15.0 Å². The van der Waals surface area contributed by atoms with E-state index in [1.165, 1.54) is 0 Å². The molecule has 1 fully saturated rings. The Balaban J connectivity index is 2.45. The maximum absolute atomic E-state index is 10.4. The highest BCUT2D eigenvalue weighted by Gasteiger charge is 2.41. The van der Waals surface area contributed by atoms with Gasteiger partial charge in [0.2, 0.25) is 0 Å². The molecule has 0 heterocycles. The average molecular weight is 172 g/mol. The van der Waals surface area contributed by atoms with Gasteiger partial charge in [-0.05, 0) is 30.6 Å². The molecule has 1 saturated carbocycles. The van der Waals surface area contributed by atoms with Crippen LogP contribution in [0.5, 0.6) is 0 Å². The van der Waals surface area contributed by atoms with E-state index in [0.29, 0.717) is 12.3 Å². The minimum Gasteiger partial charge on any atom is -0.479 e. The first-order valence-corrected chi connectivity index (χ1v) is 4.36. The topological polar surface area (TPSA) is 57.5 Å². The van der Waals surface area contributed by atoms with E-state index < -0.39 is 12.1 Å². The van der Waals surface area contributed by atoms with Gasteiger partial charge in [-0.15, -0.1) is 0 Å². The molecule has 0 bridgehead atoms. The first-order chi connectivity index (χ1) is 5.46. The Morgan fingerprint density at radius 1 is 1.75 bits per heavy atom. The van der Waals surface area contributed by atoms with Gasteiger partial charge < -0.3 is 10.2 Å². The van der Waals surface area contributed by atoms with E-state index in [2.05, 4.69) is 6.92 Å². The predicted octanol–water partition coefficient (Wildman–Crippen LogP) is 1.26. The SMILES string of the molecule is CC1CCC1(C)CC(O)C(=O)O. The summed E-state index contributed by atoms with van der Waals surface area (Å²) in [5, 5.41) is 17.6. The van der Waals surface area contributed by atoms with Crippen LogP contribution >= 0.6 is 0 Å². The summed E-state index contributed by atoms with van der Waals surface area (Å²) in [6.07, 6.45) is 1.41. The number of hydrogen-bond donors (Lipinski definition) is 2. The van der Waals surface area contributed by atoms with Crippen LogP contribution in [0.3, 0.4) is 0 Å². The highest BCUT2D eigenvalue weighted by atomic mass is 16.4. The lowest BCUT2D eigenvalue weighted by Crippen LogP contribution is -2.40. The Labute approximate surface area is 72.4 Å². The molecule has 1 aliphatic carbocycles. The number of aliphatic hydroxyl groups excluding tert-OH is 1. The van der Waals surface area contributed by atoms with Crippen molar-refractivity contribution in [2.24, 2.45) is 11.3 Å². The molecule has 1 rings (SSSR count). The Hall–Kier alpha value is -0.570. The van der Waals surface area contributed by atoms with E-state index >= 15 is 0 Å². The van der Waals surface area contributed by atoms with Crippen LogP contribution in [0.4, 0.5) is 0 Å². The zero-order valence-corrected chi connectivity index (χ0v) is 7.58. The summed E-state index contributed by atoms with van der Waals surface area (Å²) in [5.74, 6) is -0.554. The molecule has 0 aromatic carbocycles. The molecule has 0 amide bonds. The summed E-state index contributed by atoms with van der Waals surface area (Å²) in [5.41, 5.74) is 0.0534. The van der Waals surface area contributed by atoms with Gasteiger partial charge in [-0.2, -0.15) is 0 Å². The molecule has 0 aromatic heterocycles. The number of carboxylic acids is 1. The Bertz CT molecular complexity index is 190. The molecule has 0 radical (unpaired) electrons. The van der Waals surface area contributed by atoms with Crippen LogP contribution in [0.1, 0.15) is 33.1 Å². The molecule has 2 N–H and O–H groups in total. The van der Waals surface area contributed by atoms with E-state index in [-0.39, 0.29) is 5.41 Å². The van der Waals surface area contributed by atoms with Crippen LogP contribution in [0, 0.1) is 11.3 Å². The normalized spacial score (nSPS) is 37.1. The van der Waals surface area contributed by atoms with E-state index in [9.17, 15) is 4.79 Å². The first-order valence-electron chi connectivity index (χ1n) is 4.36. The van der Waals surface area contributed by atoms with Gasteiger partial charge in [0.25, 0.3) is 0 Å². The van der Waals surface area contributed by atoms with Gasteiger partial charge in [0, 0.05) is 0 Å². The van der Waals surface area contributed by atoms with Crippen molar-refractivity contribution in [2.45, 2.75) is 39.2 Å². The van der Waals surface area contributed by atoms with Gasteiger partial charge in [-0.25, -0.2) is 4.79 Å². The zero-order valence-electron chi connectivity index (χ0n) is 7.58. The van der Waals surface area contributed by atoms with Gasteiger partial charge >= 0.3 is 5.97 Å². The van der Waals surface area contributed by atoms with E-state index in [0.717, 1.165) is 12.8 Å². The average Bonchev–Trinajstić information content (AvgIpc) is 2.01. The molecular weight excluding hydrogens is 156 g/mol. The summed E-state index contributed by atoms with van der Waals surface area (Å²) in [7, 11) is 0. The van der Waals surface area contributed by atoms with Crippen LogP contribution < -0.4 is 0 Å². The second-order valence-corrected chi connectivity index (χ2v) is 4.15. The van der Waals surface area contributed by atoms with E-state index in [1.54, 1.807) is 0 Å². The number of aliphatic hydroxyl groups is 1. The summed E-state index contributed by atoms with van der Waals surface area (Å²) >= 11 is 0. The highest BCUT2D eigenvalue weighted by molar-refractivity contribution is 5.71. The molecule has 3 unspecified atom stereocenters. The van der Waals surface area contributed by atoms with Crippen LogP contribution in [0.15, 0.2) is 0 Å². The van der Waals surface area contributed by atoms with Crippen molar-refractivity contribution in [1.82, 2.24) is 0 Å². The van der Waals surface area contributed by atoms with E-state index in [1.807, 2.05) is 6.92 Å². The maximum Gasteiger partial charge on any atom is 0.332 e. The molecular formula is C9H16O3. The van der Waals surface area contributed by atoms with Gasteiger partial charge in [0.15, 0.2) is 6.10 Å². The molecule has 1 aliphatic rings. The second-order valence-electron chi connectivity index (χ2n) is 4.15. The monoisotopic (exact) mass is 172 g/mol. The molecule has 0 saturated heterocycles. The van der Waals surface area contributed by atoms with Crippen LogP contribution in [-0.4, -0.2) is 22.3 Å². The van der Waals surface area contributed by atoms with Gasteiger partial charge in [-0.3, -0.25) is 0 Å². The molecule has 0 aliphatic heterocycles. The van der Waals surface area contributed by atoms with Crippen molar-refractivity contribution in [3.8, 4) is 0 Å². The van der Waals surface area contributed by atoms with Gasteiger partial charge in [0.1, 0.15) is 0 Å². The Morgan fingerprint density at radius 3 is 2.58 bits per heavy atom. The fourth-order valence-electron chi connectivity index (χ4n) is 1.76. The molecule has 3 heteroatoms. The quantitative estimate of drug-likeness (QED) is 0.673. The molecule has 0 spiro atoms. The maximum atomic E-state index is 10.4. The van der Waals surface area contributed by atoms with Gasteiger partial charge in [0.05, 0.1) is 0 Å². The third-order valence-corrected chi connectivity index (χ3v) is 3.28. The molecule has 3 atom stereocenters. The third-order valence-electron chi connectivity index (χ3n) is 3.28. The fraction of sp³-hybridized carbons (Fsp3) is 0.889. The summed E-state index contributed by atoms with van der Waals surface area (Å²) in [4.78, 5) is 10.4. The standard InChI is InChI=1S/C9H16O3/c1-6-3-4-9(6,2)5-7(10)8(11)12/h6-7,10H,3-5H2,1-2H3,(H,11,12). The van der Waals surface area contributed by atoms with Crippen LogP contribution in [0.25, 0.3) is 0 Å². The Morgan fingerprint density at radius 2 is 2.33 bits per heavy atom. The number of hydrogen-bond acceptors (Lipinski definition) is 2. The Kier molecular flexibility index (Phi) is 2.42. The van der Waals surface area contributed by atoms with E-state index in [4.69, 9.17) is 10.2 Å². The fourth-order valence-corrected chi connectivity index (χ4v) is 1.76. The number of carboxylic acid groups (broad SMARTS) is 1. The highest BCUT2D eigenvalue weighted by Crippen LogP contribution is 2.49. The molecule has 70 valence electrons. The third kappa shape index (κ3) is 1.61. The largest absolute Gasteiger partial charge is 0.479 e. The van der Waals surface area contributed by atoms with Crippen molar-refractivity contribution in [3.05, 3.63) is 0 Å². The molecule has 12 heavy (non-hydrogen) atoms. The van der Waals surface area contributed by atoms with Gasteiger partial charge in [-0.1, -0.05) is 13.8 Å². The zero-order chi connectivity index (χ0) is 9.35. The smallest absolute Gasteiger partial charge is 0.332 e. The second kappa shape index (κ2) is 3.05. The number of aliphatic carboxylic acids is 1. The van der Waals surface area contributed by atoms with Crippen LogP contribution in [0.2, 0.25) is 0 Å². The minimum atomic E-state index is -1.18. The summed E-state index contributed by atoms with van der Waals surface area (Å²) in [6.45, 7) is 4.16. The number of carbonyl (C=O) groups is 1. The summed E-state index contributed by atoms with van der Waals surface area (Å²) in [6, 6.07) is 0. The van der Waals surface area contributed by atoms with Crippen LogP contribution in [-0.2, 0) is 4.79 Å².